The van der Waals surface area contributed by atoms with Gasteiger partial charge < -0.3 is 5.32 Å². The number of nitrogens with one attached hydrogen (secondary N) is 1. The van der Waals surface area contributed by atoms with E-state index < -0.39 is 0 Å². The normalized spacial score (nSPS) is 9.90. The number of hydrogen-bond donors (Lipinski definition) is 1. The minimum absolute atomic E-state index is 0.0662. The van der Waals surface area contributed by atoms with Gasteiger partial charge in [0, 0.05) is 30.9 Å². The van der Waals surface area contributed by atoms with Gasteiger partial charge in [-0.2, -0.15) is 0 Å². The first-order valence-electron chi connectivity index (χ1n) is 6.31. The van der Waals surface area contributed by atoms with Crippen molar-refractivity contribution in [2.24, 2.45) is 0 Å². The zero-order valence-corrected chi connectivity index (χ0v) is 11.5. The lowest BCUT2D eigenvalue weighted by Crippen LogP contribution is -2.22. The minimum atomic E-state index is -0.121. The zero-order chi connectivity index (χ0) is 14.5. The van der Waals surface area contributed by atoms with Gasteiger partial charge >= 0.3 is 0 Å². The Labute approximate surface area is 118 Å². The molecule has 0 bridgehead atoms. The molecule has 0 aliphatic carbocycles. The fourth-order valence-corrected chi connectivity index (χ4v) is 1.99. The summed E-state index contributed by atoms with van der Waals surface area (Å²) in [6, 6.07) is 16.6. The SMILES string of the molecule is CC(=O)Nc1ccc(N(C(C)=O)c2ccccc2)cc1. The van der Waals surface area contributed by atoms with E-state index in [2.05, 4.69) is 5.32 Å². The van der Waals surface area contributed by atoms with Crippen LogP contribution in [0.1, 0.15) is 13.8 Å². The number of carbonyl (C=O) groups is 2. The van der Waals surface area contributed by atoms with E-state index in [0.717, 1.165) is 11.4 Å². The van der Waals surface area contributed by atoms with Gasteiger partial charge in [-0.15, -0.1) is 0 Å². The molecule has 0 saturated heterocycles. The molecule has 0 atom stereocenters. The van der Waals surface area contributed by atoms with Crippen LogP contribution in [0.2, 0.25) is 0 Å². The molecule has 2 amide bonds. The van der Waals surface area contributed by atoms with E-state index in [-0.39, 0.29) is 11.8 Å². The maximum Gasteiger partial charge on any atom is 0.228 e. The van der Waals surface area contributed by atoms with E-state index in [4.69, 9.17) is 0 Å². The molecule has 0 spiro atoms. The van der Waals surface area contributed by atoms with Gasteiger partial charge in [0.2, 0.25) is 11.8 Å². The lowest BCUT2D eigenvalue weighted by molar-refractivity contribution is -0.116. The third kappa shape index (κ3) is 3.23. The van der Waals surface area contributed by atoms with E-state index in [1.807, 2.05) is 30.3 Å². The van der Waals surface area contributed by atoms with E-state index in [9.17, 15) is 9.59 Å². The molecule has 0 fully saturated rings. The highest BCUT2D eigenvalue weighted by Gasteiger charge is 2.13. The summed E-state index contributed by atoms with van der Waals surface area (Å²) in [6.07, 6.45) is 0. The van der Waals surface area contributed by atoms with Crippen LogP contribution < -0.4 is 10.2 Å². The number of anilines is 3. The molecular formula is C16H16N2O2. The number of carbonyl (C=O) groups excluding carboxylic acids is 2. The average Bonchev–Trinajstić information content (AvgIpc) is 2.41. The highest BCUT2D eigenvalue weighted by Crippen LogP contribution is 2.26. The molecule has 20 heavy (non-hydrogen) atoms. The van der Waals surface area contributed by atoms with Crippen molar-refractivity contribution in [1.82, 2.24) is 0 Å². The Bertz CT molecular complexity index is 606. The summed E-state index contributed by atoms with van der Waals surface area (Å²) in [4.78, 5) is 24.5. The van der Waals surface area contributed by atoms with Crippen molar-refractivity contribution in [2.75, 3.05) is 10.2 Å². The Morgan fingerprint density at radius 1 is 0.850 bits per heavy atom. The van der Waals surface area contributed by atoms with Crippen molar-refractivity contribution in [1.29, 1.82) is 0 Å². The summed E-state index contributed by atoms with van der Waals surface area (Å²) in [5.41, 5.74) is 2.28. The van der Waals surface area contributed by atoms with E-state index in [0.29, 0.717) is 5.69 Å². The molecule has 102 valence electrons. The minimum Gasteiger partial charge on any atom is -0.326 e. The standard InChI is InChI=1S/C16H16N2O2/c1-12(19)17-14-8-10-16(11-9-14)18(13(2)20)15-6-4-3-5-7-15/h3-11H,1-2H3,(H,17,19). The molecule has 0 heterocycles. The lowest BCUT2D eigenvalue weighted by Gasteiger charge is -2.21. The van der Waals surface area contributed by atoms with Gasteiger partial charge in [0.05, 0.1) is 0 Å². The van der Waals surface area contributed by atoms with Crippen LogP contribution in [-0.4, -0.2) is 11.8 Å². The smallest absolute Gasteiger partial charge is 0.228 e. The van der Waals surface area contributed by atoms with Crippen LogP contribution in [0, 0.1) is 0 Å². The molecule has 2 aromatic carbocycles. The molecule has 4 heteroatoms. The Morgan fingerprint density at radius 2 is 1.40 bits per heavy atom. The van der Waals surface area contributed by atoms with Crippen molar-refractivity contribution in [3.8, 4) is 0 Å². The van der Waals surface area contributed by atoms with Crippen LogP contribution in [0.25, 0.3) is 0 Å². The van der Waals surface area contributed by atoms with Crippen LogP contribution in [0.15, 0.2) is 54.6 Å². The van der Waals surface area contributed by atoms with Gasteiger partial charge in [-0.3, -0.25) is 14.5 Å². The summed E-state index contributed by atoms with van der Waals surface area (Å²) < 4.78 is 0. The highest BCUT2D eigenvalue weighted by molar-refractivity contribution is 5.99. The first kappa shape index (κ1) is 13.8. The van der Waals surface area contributed by atoms with E-state index in [1.54, 1.807) is 29.2 Å². The van der Waals surface area contributed by atoms with Crippen LogP contribution in [-0.2, 0) is 9.59 Å². The molecule has 2 rings (SSSR count). The van der Waals surface area contributed by atoms with Gasteiger partial charge in [-0.25, -0.2) is 0 Å². The lowest BCUT2D eigenvalue weighted by atomic mass is 10.2. The topological polar surface area (TPSA) is 49.4 Å². The molecule has 4 nitrogen and oxygen atoms in total. The summed E-state index contributed by atoms with van der Waals surface area (Å²) in [7, 11) is 0. The maximum absolute atomic E-state index is 11.9. The third-order valence-corrected chi connectivity index (χ3v) is 2.78. The van der Waals surface area contributed by atoms with Crippen LogP contribution in [0.3, 0.4) is 0 Å². The average molecular weight is 268 g/mol. The van der Waals surface area contributed by atoms with E-state index in [1.165, 1.54) is 13.8 Å². The summed E-state index contributed by atoms with van der Waals surface area (Å²) in [5.74, 6) is -0.187. The van der Waals surface area contributed by atoms with Crippen LogP contribution in [0.4, 0.5) is 17.1 Å². The van der Waals surface area contributed by atoms with Crippen molar-refractivity contribution in [3.05, 3.63) is 54.6 Å². The second-order valence-electron chi connectivity index (χ2n) is 4.42. The van der Waals surface area contributed by atoms with Crippen molar-refractivity contribution in [3.63, 3.8) is 0 Å². The number of amides is 2. The number of benzene rings is 2. The number of rotatable bonds is 3. The van der Waals surface area contributed by atoms with Crippen LogP contribution in [0.5, 0.6) is 0 Å². The fourth-order valence-electron chi connectivity index (χ4n) is 1.99. The Morgan fingerprint density at radius 3 is 1.90 bits per heavy atom. The Hall–Kier alpha value is -2.62. The summed E-state index contributed by atoms with van der Waals surface area (Å²) >= 11 is 0. The molecule has 0 saturated carbocycles. The molecule has 0 aliphatic heterocycles. The predicted octanol–water partition coefficient (Wildman–Crippen LogP) is 3.33. The van der Waals surface area contributed by atoms with Gasteiger partial charge in [0.15, 0.2) is 0 Å². The number of para-hydroxylation sites is 1. The molecule has 1 N–H and O–H groups in total. The second kappa shape index (κ2) is 6.02. The first-order valence-corrected chi connectivity index (χ1v) is 6.31. The van der Waals surface area contributed by atoms with Gasteiger partial charge in [0.25, 0.3) is 0 Å². The maximum atomic E-state index is 11.9. The van der Waals surface area contributed by atoms with Crippen molar-refractivity contribution >= 4 is 28.9 Å². The van der Waals surface area contributed by atoms with Crippen LogP contribution >= 0.6 is 0 Å². The molecule has 0 aromatic heterocycles. The number of hydrogen-bond acceptors (Lipinski definition) is 2. The Kier molecular flexibility index (Phi) is 4.15. The first-order chi connectivity index (χ1) is 9.58. The molecule has 0 radical (unpaired) electrons. The van der Waals surface area contributed by atoms with Gasteiger partial charge in [-0.05, 0) is 36.4 Å². The largest absolute Gasteiger partial charge is 0.326 e. The fraction of sp³-hybridized carbons (Fsp3) is 0.125. The number of nitrogens with zero attached hydrogens (tertiary/aromatic N) is 1. The predicted molar refractivity (Wildman–Crippen MR) is 80.0 cm³/mol. The zero-order valence-electron chi connectivity index (χ0n) is 11.5. The highest BCUT2D eigenvalue weighted by atomic mass is 16.2. The summed E-state index contributed by atoms with van der Waals surface area (Å²) in [6.45, 7) is 2.98. The van der Waals surface area contributed by atoms with Gasteiger partial charge in [-0.1, -0.05) is 18.2 Å². The second-order valence-corrected chi connectivity index (χ2v) is 4.42. The molecule has 0 aliphatic rings. The van der Waals surface area contributed by atoms with Gasteiger partial charge in [0.1, 0.15) is 0 Å². The molecule has 0 unspecified atom stereocenters. The van der Waals surface area contributed by atoms with Crippen molar-refractivity contribution in [2.45, 2.75) is 13.8 Å². The third-order valence-electron chi connectivity index (χ3n) is 2.78. The monoisotopic (exact) mass is 268 g/mol. The summed E-state index contributed by atoms with van der Waals surface area (Å²) in [5, 5.41) is 2.70. The Balaban J connectivity index is 2.31. The van der Waals surface area contributed by atoms with Crippen molar-refractivity contribution < 1.29 is 9.59 Å². The van der Waals surface area contributed by atoms with E-state index >= 15 is 0 Å². The molecule has 2 aromatic rings. The molecular weight excluding hydrogens is 252 g/mol. The quantitative estimate of drug-likeness (QED) is 0.928.